The van der Waals surface area contributed by atoms with E-state index in [1.54, 1.807) is 17.2 Å². The van der Waals surface area contributed by atoms with Crippen LogP contribution in [0.15, 0.2) is 24.4 Å². The minimum atomic E-state index is -0.261. The summed E-state index contributed by atoms with van der Waals surface area (Å²) in [6.07, 6.45) is 7.61. The van der Waals surface area contributed by atoms with Crippen molar-refractivity contribution in [2.45, 2.75) is 58.9 Å². The molecule has 1 saturated heterocycles. The number of amides is 2. The largest absolute Gasteiger partial charge is 0.338 e. The SMILES string of the molecule is Cc1ccc(NC(=O)C2CCCN(C(=O)c3cc(C)nc4c3nc3n4CCCCC3)C2)nc1. The molecule has 5 rings (SSSR count). The molecule has 3 aromatic rings. The van der Waals surface area contributed by atoms with E-state index in [1.807, 2.05) is 26.0 Å². The highest BCUT2D eigenvalue weighted by molar-refractivity contribution is 6.04. The van der Waals surface area contributed by atoms with Crippen molar-refractivity contribution < 1.29 is 9.59 Å². The zero-order valence-electron chi connectivity index (χ0n) is 19.3. The Hall–Kier alpha value is -3.29. The van der Waals surface area contributed by atoms with Crippen molar-refractivity contribution in [1.82, 2.24) is 24.4 Å². The number of aryl methyl sites for hydroxylation is 4. The minimum Gasteiger partial charge on any atom is -0.338 e. The number of nitrogens with zero attached hydrogens (tertiary/aromatic N) is 5. The molecule has 172 valence electrons. The number of pyridine rings is 2. The van der Waals surface area contributed by atoms with E-state index >= 15 is 0 Å². The summed E-state index contributed by atoms with van der Waals surface area (Å²) >= 11 is 0. The molecule has 0 saturated carbocycles. The van der Waals surface area contributed by atoms with E-state index in [0.29, 0.717) is 30.0 Å². The molecular weight excluding hydrogens is 416 g/mol. The van der Waals surface area contributed by atoms with Crippen LogP contribution in [0, 0.1) is 19.8 Å². The molecule has 2 amide bonds. The molecule has 0 spiro atoms. The Morgan fingerprint density at radius 1 is 1.06 bits per heavy atom. The Balaban J connectivity index is 1.37. The van der Waals surface area contributed by atoms with Gasteiger partial charge >= 0.3 is 0 Å². The van der Waals surface area contributed by atoms with E-state index in [0.717, 1.165) is 61.4 Å². The van der Waals surface area contributed by atoms with Crippen molar-refractivity contribution in [2.75, 3.05) is 18.4 Å². The van der Waals surface area contributed by atoms with E-state index in [9.17, 15) is 9.59 Å². The standard InChI is InChI=1S/C25H30N6O2/c1-16-9-10-20(26-14-16)28-24(32)18-7-6-11-30(15-18)25(33)19-13-17(2)27-23-22(19)29-21-8-4-3-5-12-31(21)23/h9-10,13-14,18H,3-8,11-12,15H2,1-2H3,(H,26,28,32). The topological polar surface area (TPSA) is 93.0 Å². The Bertz CT molecular complexity index is 1200. The molecule has 1 fully saturated rings. The van der Waals surface area contributed by atoms with Gasteiger partial charge < -0.3 is 14.8 Å². The van der Waals surface area contributed by atoms with Crippen molar-refractivity contribution in [3.63, 3.8) is 0 Å². The van der Waals surface area contributed by atoms with Gasteiger partial charge in [-0.3, -0.25) is 9.59 Å². The minimum absolute atomic E-state index is 0.0651. The summed E-state index contributed by atoms with van der Waals surface area (Å²) < 4.78 is 2.19. The summed E-state index contributed by atoms with van der Waals surface area (Å²) in [5.41, 5.74) is 3.96. The fourth-order valence-corrected chi connectivity index (χ4v) is 4.89. The molecule has 1 atom stereocenters. The molecular formula is C25H30N6O2. The molecule has 0 aromatic carbocycles. The fourth-order valence-electron chi connectivity index (χ4n) is 4.89. The van der Waals surface area contributed by atoms with Crippen LogP contribution in [0.2, 0.25) is 0 Å². The summed E-state index contributed by atoms with van der Waals surface area (Å²) in [5.74, 6) is 1.15. The lowest BCUT2D eigenvalue weighted by atomic mass is 9.96. The average molecular weight is 447 g/mol. The second-order valence-corrected chi connectivity index (χ2v) is 9.27. The first kappa shape index (κ1) is 21.6. The predicted octanol–water partition coefficient (Wildman–Crippen LogP) is 3.66. The van der Waals surface area contributed by atoms with Crippen LogP contribution in [0.3, 0.4) is 0 Å². The normalized spacial score (nSPS) is 18.6. The van der Waals surface area contributed by atoms with Gasteiger partial charge in [0.25, 0.3) is 5.91 Å². The third kappa shape index (κ3) is 4.34. The van der Waals surface area contributed by atoms with Crippen molar-refractivity contribution >= 4 is 28.8 Å². The van der Waals surface area contributed by atoms with Gasteiger partial charge in [0.15, 0.2) is 5.65 Å². The van der Waals surface area contributed by atoms with Crippen LogP contribution < -0.4 is 5.32 Å². The molecule has 8 heteroatoms. The third-order valence-corrected chi connectivity index (χ3v) is 6.67. The highest BCUT2D eigenvalue weighted by Crippen LogP contribution is 2.27. The Morgan fingerprint density at radius 3 is 2.76 bits per heavy atom. The molecule has 8 nitrogen and oxygen atoms in total. The van der Waals surface area contributed by atoms with Gasteiger partial charge in [-0.2, -0.15) is 0 Å². The zero-order valence-corrected chi connectivity index (χ0v) is 19.3. The first-order valence-electron chi connectivity index (χ1n) is 11.9. The molecule has 1 unspecified atom stereocenters. The summed E-state index contributed by atoms with van der Waals surface area (Å²) in [5, 5.41) is 2.90. The van der Waals surface area contributed by atoms with Crippen LogP contribution >= 0.6 is 0 Å². The number of imidazole rings is 1. The number of anilines is 1. The first-order chi connectivity index (χ1) is 16.0. The van der Waals surface area contributed by atoms with Crippen LogP contribution in [0.25, 0.3) is 11.2 Å². The van der Waals surface area contributed by atoms with E-state index in [1.165, 1.54) is 6.42 Å². The number of rotatable bonds is 3. The van der Waals surface area contributed by atoms with Gasteiger partial charge in [-0.1, -0.05) is 12.5 Å². The van der Waals surface area contributed by atoms with Gasteiger partial charge in [-0.05, 0) is 57.2 Å². The van der Waals surface area contributed by atoms with Gasteiger partial charge in [0.2, 0.25) is 5.91 Å². The van der Waals surface area contributed by atoms with Crippen LogP contribution in [0.4, 0.5) is 5.82 Å². The summed E-state index contributed by atoms with van der Waals surface area (Å²) in [4.78, 5) is 42.1. The first-order valence-corrected chi connectivity index (χ1v) is 11.9. The van der Waals surface area contributed by atoms with Crippen LogP contribution in [0.5, 0.6) is 0 Å². The lowest BCUT2D eigenvalue weighted by molar-refractivity contribution is -0.121. The second kappa shape index (κ2) is 8.92. The van der Waals surface area contributed by atoms with Crippen molar-refractivity contribution in [3.05, 3.63) is 47.0 Å². The summed E-state index contributed by atoms with van der Waals surface area (Å²) in [6.45, 7) is 5.82. The van der Waals surface area contributed by atoms with Gasteiger partial charge in [0, 0.05) is 37.9 Å². The molecule has 1 N–H and O–H groups in total. The van der Waals surface area contributed by atoms with Crippen LogP contribution in [-0.2, 0) is 17.8 Å². The van der Waals surface area contributed by atoms with Crippen LogP contribution in [0.1, 0.15) is 59.5 Å². The smallest absolute Gasteiger partial charge is 0.256 e. The maximum absolute atomic E-state index is 13.6. The van der Waals surface area contributed by atoms with Crippen molar-refractivity contribution in [3.8, 4) is 0 Å². The van der Waals surface area contributed by atoms with E-state index < -0.39 is 0 Å². The number of hydrogen-bond donors (Lipinski definition) is 1. The molecule has 3 aromatic heterocycles. The van der Waals surface area contributed by atoms with Gasteiger partial charge in [-0.25, -0.2) is 15.0 Å². The Kier molecular flexibility index (Phi) is 5.83. The number of carbonyl (C=O) groups is 2. The third-order valence-electron chi connectivity index (χ3n) is 6.67. The number of nitrogens with one attached hydrogen (secondary N) is 1. The Morgan fingerprint density at radius 2 is 1.94 bits per heavy atom. The number of fused-ring (bicyclic) bond motifs is 3. The maximum atomic E-state index is 13.6. The monoisotopic (exact) mass is 446 g/mol. The lowest BCUT2D eigenvalue weighted by Gasteiger charge is -2.32. The average Bonchev–Trinajstić information content (AvgIpc) is 3.00. The molecule has 5 heterocycles. The number of likely N-dealkylation sites (tertiary alicyclic amines) is 1. The number of aromatic nitrogens is 4. The molecule has 0 aliphatic carbocycles. The molecule has 2 aliphatic heterocycles. The summed E-state index contributed by atoms with van der Waals surface area (Å²) in [6, 6.07) is 5.57. The van der Waals surface area contributed by atoms with Crippen LogP contribution in [-0.4, -0.2) is 49.3 Å². The van der Waals surface area contributed by atoms with Gasteiger partial charge in [0.1, 0.15) is 17.2 Å². The highest BCUT2D eigenvalue weighted by Gasteiger charge is 2.31. The fraction of sp³-hybridized carbons (Fsp3) is 0.480. The number of piperidine rings is 1. The number of carbonyl (C=O) groups excluding carboxylic acids is 2. The van der Waals surface area contributed by atoms with Crippen molar-refractivity contribution in [1.29, 1.82) is 0 Å². The Labute approximate surface area is 193 Å². The van der Waals surface area contributed by atoms with E-state index in [-0.39, 0.29) is 17.7 Å². The zero-order chi connectivity index (χ0) is 22.9. The number of hydrogen-bond acceptors (Lipinski definition) is 5. The van der Waals surface area contributed by atoms with Gasteiger partial charge in [-0.15, -0.1) is 0 Å². The molecule has 33 heavy (non-hydrogen) atoms. The predicted molar refractivity (Wildman–Crippen MR) is 126 cm³/mol. The van der Waals surface area contributed by atoms with E-state index in [4.69, 9.17) is 9.97 Å². The lowest BCUT2D eigenvalue weighted by Crippen LogP contribution is -2.44. The molecule has 0 bridgehead atoms. The maximum Gasteiger partial charge on any atom is 0.256 e. The van der Waals surface area contributed by atoms with E-state index in [2.05, 4.69) is 14.9 Å². The highest BCUT2D eigenvalue weighted by atomic mass is 16.2. The van der Waals surface area contributed by atoms with Gasteiger partial charge in [0.05, 0.1) is 11.5 Å². The van der Waals surface area contributed by atoms with Crippen molar-refractivity contribution in [2.24, 2.45) is 5.92 Å². The molecule has 2 aliphatic rings. The molecule has 0 radical (unpaired) electrons. The summed E-state index contributed by atoms with van der Waals surface area (Å²) in [7, 11) is 0. The quantitative estimate of drug-likeness (QED) is 0.663. The second-order valence-electron chi connectivity index (χ2n) is 9.27.